The molecule has 3 aromatic rings. The van der Waals surface area contributed by atoms with Gasteiger partial charge in [-0.3, -0.25) is 9.59 Å². The van der Waals surface area contributed by atoms with E-state index >= 15 is 0 Å². The lowest BCUT2D eigenvalue weighted by molar-refractivity contribution is -0.120. The highest BCUT2D eigenvalue weighted by molar-refractivity contribution is 5.93. The van der Waals surface area contributed by atoms with Crippen LogP contribution in [-0.2, 0) is 11.2 Å². The molecule has 1 amide bonds. The quantitative estimate of drug-likeness (QED) is 0.682. The van der Waals surface area contributed by atoms with Crippen LogP contribution < -0.4 is 15.8 Å². The highest BCUT2D eigenvalue weighted by atomic mass is 19.1. The first-order valence-corrected chi connectivity index (χ1v) is 10.5. The van der Waals surface area contributed by atoms with E-state index in [1.54, 1.807) is 6.07 Å². The molecular weight excluding hydrogens is 395 g/mol. The van der Waals surface area contributed by atoms with Crippen LogP contribution in [-0.4, -0.2) is 28.8 Å². The van der Waals surface area contributed by atoms with Gasteiger partial charge in [0.25, 0.3) is 5.56 Å². The van der Waals surface area contributed by atoms with Crippen LogP contribution in [0, 0.1) is 11.7 Å². The van der Waals surface area contributed by atoms with Crippen LogP contribution in [0.3, 0.4) is 0 Å². The number of aromatic nitrogens is 2. The Labute approximate surface area is 180 Å². The van der Waals surface area contributed by atoms with E-state index in [0.717, 1.165) is 31.5 Å². The van der Waals surface area contributed by atoms with Crippen LogP contribution in [0.25, 0.3) is 5.69 Å². The number of piperidine rings is 1. The van der Waals surface area contributed by atoms with Crippen molar-refractivity contribution in [2.75, 3.05) is 23.3 Å². The number of hydrogen-bond acceptors (Lipinski definition) is 4. The second-order valence-corrected chi connectivity index (χ2v) is 7.75. The molecule has 4 rings (SSSR count). The fourth-order valence-corrected chi connectivity index (χ4v) is 3.85. The van der Waals surface area contributed by atoms with Gasteiger partial charge in [0.15, 0.2) is 0 Å². The van der Waals surface area contributed by atoms with Gasteiger partial charge in [0.2, 0.25) is 5.91 Å². The molecule has 1 aliphatic rings. The zero-order chi connectivity index (χ0) is 21.8. The van der Waals surface area contributed by atoms with Gasteiger partial charge in [0.05, 0.1) is 11.6 Å². The van der Waals surface area contributed by atoms with Gasteiger partial charge in [-0.1, -0.05) is 19.1 Å². The monoisotopic (exact) mass is 420 g/mol. The Morgan fingerprint density at radius 2 is 1.97 bits per heavy atom. The normalized spacial score (nSPS) is 16.2. The first kappa shape index (κ1) is 20.8. The molecule has 0 saturated carbocycles. The summed E-state index contributed by atoms with van der Waals surface area (Å²) in [6.07, 6.45) is 2.56. The van der Waals surface area contributed by atoms with Gasteiger partial charge >= 0.3 is 0 Å². The zero-order valence-corrected chi connectivity index (χ0v) is 17.4. The molecular formula is C24H25FN4O2. The number of aryl methyl sites for hydroxylation is 1. The molecule has 0 spiro atoms. The van der Waals surface area contributed by atoms with E-state index in [9.17, 15) is 14.0 Å². The number of rotatable bonds is 5. The summed E-state index contributed by atoms with van der Waals surface area (Å²) in [5, 5.41) is 7.51. The third kappa shape index (κ3) is 4.82. The van der Waals surface area contributed by atoms with Crippen LogP contribution in [0.15, 0.2) is 65.5 Å². The van der Waals surface area contributed by atoms with Crippen LogP contribution in [0.2, 0.25) is 0 Å². The van der Waals surface area contributed by atoms with E-state index in [-0.39, 0.29) is 23.2 Å². The van der Waals surface area contributed by atoms with Crippen molar-refractivity contribution in [2.24, 2.45) is 5.92 Å². The Morgan fingerprint density at radius 3 is 2.74 bits per heavy atom. The van der Waals surface area contributed by atoms with Crippen LogP contribution in [0.1, 0.15) is 25.3 Å². The maximum atomic E-state index is 13.2. The van der Waals surface area contributed by atoms with Gasteiger partial charge in [-0.25, -0.2) is 4.39 Å². The van der Waals surface area contributed by atoms with Crippen molar-refractivity contribution < 1.29 is 9.18 Å². The number of carbonyl (C=O) groups is 1. The topological polar surface area (TPSA) is 67.2 Å². The average Bonchev–Trinajstić information content (AvgIpc) is 2.80. The van der Waals surface area contributed by atoms with Crippen molar-refractivity contribution in [1.29, 1.82) is 0 Å². The Balaban J connectivity index is 1.50. The molecule has 1 atom stereocenters. The molecule has 7 heteroatoms. The summed E-state index contributed by atoms with van der Waals surface area (Å²) < 4.78 is 14.5. The smallest absolute Gasteiger partial charge is 0.271 e. The predicted molar refractivity (Wildman–Crippen MR) is 119 cm³/mol. The summed E-state index contributed by atoms with van der Waals surface area (Å²) in [6, 6.07) is 16.6. The number of benzene rings is 2. The molecule has 1 aliphatic heterocycles. The number of nitrogens with one attached hydrogen (secondary N) is 1. The summed E-state index contributed by atoms with van der Waals surface area (Å²) in [5.41, 5.74) is 2.19. The molecule has 160 valence electrons. The number of anilines is 2. The van der Waals surface area contributed by atoms with Crippen molar-refractivity contribution >= 4 is 17.4 Å². The summed E-state index contributed by atoms with van der Waals surface area (Å²) in [5.74, 6) is 0.0635. The molecule has 1 fully saturated rings. The molecule has 1 aromatic heterocycles. The number of amides is 1. The molecule has 0 unspecified atom stereocenters. The minimum atomic E-state index is -0.373. The summed E-state index contributed by atoms with van der Waals surface area (Å²) in [6.45, 7) is 3.36. The molecule has 2 heterocycles. The molecule has 31 heavy (non-hydrogen) atoms. The summed E-state index contributed by atoms with van der Waals surface area (Å²) >= 11 is 0. The van der Waals surface area contributed by atoms with Crippen LogP contribution in [0.5, 0.6) is 0 Å². The van der Waals surface area contributed by atoms with Gasteiger partial charge in [0.1, 0.15) is 11.6 Å². The fraction of sp³-hybridized carbons (Fsp3) is 0.292. The number of carbonyl (C=O) groups excluding carboxylic acids is 1. The van der Waals surface area contributed by atoms with E-state index in [1.807, 2.05) is 29.2 Å². The Bertz CT molecular complexity index is 1130. The SMILES string of the molecule is CCc1cccc(NC(=O)[C@@H]2CCCN(c3ccc(=O)n(-c4ccc(F)cc4)n3)C2)c1. The highest BCUT2D eigenvalue weighted by Gasteiger charge is 2.27. The van der Waals surface area contributed by atoms with E-state index in [0.29, 0.717) is 18.1 Å². The standard InChI is InChI=1S/C24H25FN4O2/c1-2-17-5-3-7-20(15-17)26-24(31)18-6-4-14-28(16-18)22-12-13-23(30)29(27-22)21-10-8-19(25)9-11-21/h3,5,7-13,15,18H,2,4,6,14,16H2,1H3,(H,26,31)/t18-/m1/s1. The fourth-order valence-electron chi connectivity index (χ4n) is 3.85. The lowest BCUT2D eigenvalue weighted by Gasteiger charge is -2.33. The van der Waals surface area contributed by atoms with Gasteiger partial charge < -0.3 is 10.2 Å². The highest BCUT2D eigenvalue weighted by Crippen LogP contribution is 2.23. The van der Waals surface area contributed by atoms with E-state index < -0.39 is 0 Å². The average molecular weight is 420 g/mol. The third-order valence-corrected chi connectivity index (χ3v) is 5.58. The largest absolute Gasteiger partial charge is 0.354 e. The van der Waals surface area contributed by atoms with Gasteiger partial charge in [-0.15, -0.1) is 5.10 Å². The van der Waals surface area contributed by atoms with Crippen LogP contribution >= 0.6 is 0 Å². The molecule has 1 saturated heterocycles. The lowest BCUT2D eigenvalue weighted by atomic mass is 9.97. The minimum absolute atomic E-state index is 0.00944. The molecule has 1 N–H and O–H groups in total. The van der Waals surface area contributed by atoms with Gasteiger partial charge in [-0.05, 0) is 67.3 Å². The number of hydrogen-bond donors (Lipinski definition) is 1. The summed E-state index contributed by atoms with van der Waals surface area (Å²) in [7, 11) is 0. The van der Waals surface area contributed by atoms with E-state index in [4.69, 9.17) is 0 Å². The molecule has 0 aliphatic carbocycles. The van der Waals surface area contributed by atoms with Crippen molar-refractivity contribution in [3.63, 3.8) is 0 Å². The van der Waals surface area contributed by atoms with Crippen molar-refractivity contribution in [2.45, 2.75) is 26.2 Å². The van der Waals surface area contributed by atoms with Crippen molar-refractivity contribution in [3.05, 3.63) is 82.4 Å². The Kier molecular flexibility index (Phi) is 6.11. The number of nitrogens with zero attached hydrogens (tertiary/aromatic N) is 3. The van der Waals surface area contributed by atoms with Crippen molar-refractivity contribution in [3.8, 4) is 5.69 Å². The maximum absolute atomic E-state index is 13.2. The van der Waals surface area contributed by atoms with Gasteiger partial charge in [0, 0.05) is 24.8 Å². The Morgan fingerprint density at radius 1 is 1.16 bits per heavy atom. The summed E-state index contributed by atoms with van der Waals surface area (Å²) in [4.78, 5) is 27.2. The third-order valence-electron chi connectivity index (χ3n) is 5.58. The molecule has 0 bridgehead atoms. The maximum Gasteiger partial charge on any atom is 0.271 e. The predicted octanol–water partition coefficient (Wildman–Crippen LogP) is 3.79. The minimum Gasteiger partial charge on any atom is -0.354 e. The zero-order valence-electron chi connectivity index (χ0n) is 17.4. The second kappa shape index (κ2) is 9.12. The number of halogens is 1. The molecule has 0 radical (unpaired) electrons. The van der Waals surface area contributed by atoms with Crippen LogP contribution in [0.4, 0.5) is 15.9 Å². The van der Waals surface area contributed by atoms with E-state index in [1.165, 1.54) is 40.6 Å². The van der Waals surface area contributed by atoms with Gasteiger partial charge in [-0.2, -0.15) is 4.68 Å². The Hall–Kier alpha value is -3.48. The second-order valence-electron chi connectivity index (χ2n) is 7.75. The lowest BCUT2D eigenvalue weighted by Crippen LogP contribution is -2.41. The first-order valence-electron chi connectivity index (χ1n) is 10.5. The van der Waals surface area contributed by atoms with Crippen molar-refractivity contribution in [1.82, 2.24) is 9.78 Å². The molecule has 6 nitrogen and oxygen atoms in total. The first-order chi connectivity index (χ1) is 15.0. The molecule has 2 aromatic carbocycles. The van der Waals surface area contributed by atoms with E-state index in [2.05, 4.69) is 17.3 Å².